The minimum atomic E-state index is 0.536. The molecule has 0 bridgehead atoms. The molecule has 1 aromatic carbocycles. The molecule has 0 unspecified atom stereocenters. The minimum Gasteiger partial charge on any atom is -0.233 e. The molecule has 0 amide bonds. The Morgan fingerprint density at radius 2 is 1.65 bits per heavy atom. The molecule has 0 spiro atoms. The zero-order chi connectivity index (χ0) is 12.6. The molecule has 0 aliphatic carbocycles. The maximum Gasteiger partial charge on any atom is 0.136 e. The maximum absolute atomic E-state index is 6.11. The molecule has 0 N–H and O–H groups in total. The lowest BCUT2D eigenvalue weighted by Gasteiger charge is -2.11. The fourth-order valence-electron chi connectivity index (χ4n) is 1.86. The van der Waals surface area contributed by atoms with Crippen LogP contribution in [-0.2, 0) is 0 Å². The van der Waals surface area contributed by atoms with Crippen LogP contribution in [0.4, 0.5) is 0 Å². The standard InChI is InChI=1S/C14H15ClN2/c1-8-6-5-7-12(9(8)2)13-10(3)14(15)17-11(4)16-13/h5-7H,1-4H3. The second kappa shape index (κ2) is 4.46. The predicted octanol–water partition coefficient (Wildman–Crippen LogP) is 4.03. The summed E-state index contributed by atoms with van der Waals surface area (Å²) in [7, 11) is 0. The summed E-state index contributed by atoms with van der Waals surface area (Å²) in [6.07, 6.45) is 0. The zero-order valence-corrected chi connectivity index (χ0v) is 11.3. The topological polar surface area (TPSA) is 25.8 Å². The van der Waals surface area contributed by atoms with Gasteiger partial charge in [0.2, 0.25) is 0 Å². The Bertz CT molecular complexity index is 577. The van der Waals surface area contributed by atoms with E-state index in [0.29, 0.717) is 11.0 Å². The number of hydrogen-bond donors (Lipinski definition) is 0. The van der Waals surface area contributed by atoms with Gasteiger partial charge in [-0.1, -0.05) is 29.8 Å². The Morgan fingerprint density at radius 3 is 2.35 bits per heavy atom. The molecule has 2 rings (SSSR count). The summed E-state index contributed by atoms with van der Waals surface area (Å²) < 4.78 is 0. The summed E-state index contributed by atoms with van der Waals surface area (Å²) in [5, 5.41) is 0.536. The third kappa shape index (κ3) is 2.18. The first-order valence-corrected chi connectivity index (χ1v) is 5.96. The van der Waals surface area contributed by atoms with Crippen molar-refractivity contribution in [3.05, 3.63) is 45.9 Å². The van der Waals surface area contributed by atoms with Crippen LogP contribution in [0.15, 0.2) is 18.2 Å². The Labute approximate surface area is 107 Å². The number of aromatic nitrogens is 2. The fraction of sp³-hybridized carbons (Fsp3) is 0.286. The van der Waals surface area contributed by atoms with Crippen LogP contribution in [0.3, 0.4) is 0 Å². The average Bonchev–Trinajstić information content (AvgIpc) is 2.27. The molecule has 3 heteroatoms. The monoisotopic (exact) mass is 246 g/mol. The van der Waals surface area contributed by atoms with Crippen molar-refractivity contribution in [2.75, 3.05) is 0 Å². The molecule has 0 atom stereocenters. The van der Waals surface area contributed by atoms with Crippen molar-refractivity contribution < 1.29 is 0 Å². The maximum atomic E-state index is 6.11. The molecule has 0 aliphatic rings. The summed E-state index contributed by atoms with van der Waals surface area (Å²) in [6.45, 7) is 8.03. The van der Waals surface area contributed by atoms with E-state index in [0.717, 1.165) is 16.8 Å². The van der Waals surface area contributed by atoms with E-state index in [1.807, 2.05) is 19.9 Å². The average molecular weight is 247 g/mol. The smallest absolute Gasteiger partial charge is 0.136 e. The van der Waals surface area contributed by atoms with E-state index in [1.165, 1.54) is 11.1 Å². The first-order valence-electron chi connectivity index (χ1n) is 5.58. The molecule has 0 saturated carbocycles. The number of aryl methyl sites for hydroxylation is 2. The van der Waals surface area contributed by atoms with E-state index in [2.05, 4.69) is 35.9 Å². The van der Waals surface area contributed by atoms with E-state index in [9.17, 15) is 0 Å². The van der Waals surface area contributed by atoms with Crippen molar-refractivity contribution in [2.24, 2.45) is 0 Å². The van der Waals surface area contributed by atoms with Crippen molar-refractivity contribution in [2.45, 2.75) is 27.7 Å². The Morgan fingerprint density at radius 1 is 0.941 bits per heavy atom. The van der Waals surface area contributed by atoms with Crippen LogP contribution in [0.1, 0.15) is 22.5 Å². The van der Waals surface area contributed by atoms with Crippen LogP contribution in [0.2, 0.25) is 5.15 Å². The molecule has 88 valence electrons. The van der Waals surface area contributed by atoms with Gasteiger partial charge in [0.15, 0.2) is 0 Å². The predicted molar refractivity (Wildman–Crippen MR) is 71.4 cm³/mol. The van der Waals surface area contributed by atoms with Gasteiger partial charge < -0.3 is 0 Å². The van der Waals surface area contributed by atoms with Crippen molar-refractivity contribution in [1.82, 2.24) is 9.97 Å². The number of benzene rings is 1. The number of hydrogen-bond acceptors (Lipinski definition) is 2. The van der Waals surface area contributed by atoms with Crippen LogP contribution < -0.4 is 0 Å². The van der Waals surface area contributed by atoms with Crippen LogP contribution in [0.25, 0.3) is 11.3 Å². The van der Waals surface area contributed by atoms with Crippen LogP contribution in [0.5, 0.6) is 0 Å². The lowest BCUT2D eigenvalue weighted by molar-refractivity contribution is 1.03. The van der Waals surface area contributed by atoms with Gasteiger partial charge in [0.1, 0.15) is 11.0 Å². The zero-order valence-electron chi connectivity index (χ0n) is 10.5. The molecule has 17 heavy (non-hydrogen) atoms. The first kappa shape index (κ1) is 12.1. The number of rotatable bonds is 1. The molecule has 2 aromatic rings. The largest absolute Gasteiger partial charge is 0.233 e. The van der Waals surface area contributed by atoms with Crippen molar-refractivity contribution in [3.63, 3.8) is 0 Å². The van der Waals surface area contributed by atoms with Gasteiger partial charge in [-0.2, -0.15) is 0 Å². The van der Waals surface area contributed by atoms with Gasteiger partial charge in [-0.25, -0.2) is 9.97 Å². The number of nitrogens with zero attached hydrogens (tertiary/aromatic N) is 2. The van der Waals surface area contributed by atoms with Gasteiger partial charge in [0.05, 0.1) is 5.69 Å². The lowest BCUT2D eigenvalue weighted by Crippen LogP contribution is -1.98. The molecular formula is C14H15ClN2. The van der Waals surface area contributed by atoms with Gasteiger partial charge in [-0.3, -0.25) is 0 Å². The fourth-order valence-corrected chi connectivity index (χ4v) is 2.08. The Kier molecular flexibility index (Phi) is 3.16. The van der Waals surface area contributed by atoms with Crippen LogP contribution in [0, 0.1) is 27.7 Å². The van der Waals surface area contributed by atoms with E-state index in [-0.39, 0.29) is 0 Å². The van der Waals surface area contributed by atoms with Crippen molar-refractivity contribution >= 4 is 11.6 Å². The molecule has 0 saturated heterocycles. The summed E-state index contributed by atoms with van der Waals surface area (Å²) in [5.74, 6) is 0.705. The highest BCUT2D eigenvalue weighted by atomic mass is 35.5. The third-order valence-electron chi connectivity index (χ3n) is 3.06. The van der Waals surface area contributed by atoms with Crippen molar-refractivity contribution in [3.8, 4) is 11.3 Å². The lowest BCUT2D eigenvalue weighted by atomic mass is 9.99. The summed E-state index contributed by atoms with van der Waals surface area (Å²) >= 11 is 6.11. The van der Waals surface area contributed by atoms with Gasteiger partial charge >= 0.3 is 0 Å². The molecule has 2 nitrogen and oxygen atoms in total. The molecule has 0 radical (unpaired) electrons. The van der Waals surface area contributed by atoms with Crippen LogP contribution >= 0.6 is 11.6 Å². The molecule has 0 fully saturated rings. The van der Waals surface area contributed by atoms with E-state index < -0.39 is 0 Å². The Balaban J connectivity index is 2.73. The van der Waals surface area contributed by atoms with E-state index >= 15 is 0 Å². The second-order valence-corrected chi connectivity index (χ2v) is 4.64. The normalized spacial score (nSPS) is 10.6. The van der Waals surface area contributed by atoms with Gasteiger partial charge in [0, 0.05) is 11.1 Å². The molecule has 1 heterocycles. The highest BCUT2D eigenvalue weighted by molar-refractivity contribution is 6.30. The third-order valence-corrected chi connectivity index (χ3v) is 3.43. The first-order chi connectivity index (χ1) is 8.00. The number of halogens is 1. The summed E-state index contributed by atoms with van der Waals surface area (Å²) in [5.41, 5.74) is 5.50. The molecular weight excluding hydrogens is 232 g/mol. The van der Waals surface area contributed by atoms with Crippen LogP contribution in [-0.4, -0.2) is 9.97 Å². The highest BCUT2D eigenvalue weighted by Crippen LogP contribution is 2.29. The molecule has 0 aliphatic heterocycles. The Hall–Kier alpha value is -1.41. The summed E-state index contributed by atoms with van der Waals surface area (Å²) in [4.78, 5) is 8.68. The van der Waals surface area contributed by atoms with E-state index in [4.69, 9.17) is 11.6 Å². The van der Waals surface area contributed by atoms with Gasteiger partial charge in [0.25, 0.3) is 0 Å². The molecule has 1 aromatic heterocycles. The van der Waals surface area contributed by atoms with Gasteiger partial charge in [-0.05, 0) is 38.8 Å². The van der Waals surface area contributed by atoms with Crippen molar-refractivity contribution in [1.29, 1.82) is 0 Å². The minimum absolute atomic E-state index is 0.536. The second-order valence-electron chi connectivity index (χ2n) is 4.28. The SMILES string of the molecule is Cc1nc(Cl)c(C)c(-c2cccc(C)c2C)n1. The quantitative estimate of drug-likeness (QED) is 0.710. The van der Waals surface area contributed by atoms with Gasteiger partial charge in [-0.15, -0.1) is 0 Å². The summed E-state index contributed by atoms with van der Waals surface area (Å²) in [6, 6.07) is 6.22. The highest BCUT2D eigenvalue weighted by Gasteiger charge is 2.12. The van der Waals surface area contributed by atoms with E-state index in [1.54, 1.807) is 0 Å².